The van der Waals surface area contributed by atoms with Gasteiger partial charge in [-0.2, -0.15) is 0 Å². The zero-order valence-corrected chi connectivity index (χ0v) is 10.3. The molecule has 1 heterocycles. The second-order valence-electron chi connectivity index (χ2n) is 5.56. The van der Waals surface area contributed by atoms with Crippen LogP contribution in [0, 0.1) is 5.41 Å². The molecule has 1 saturated heterocycles. The lowest BCUT2D eigenvalue weighted by atomic mass is 9.91. The van der Waals surface area contributed by atoms with Crippen molar-refractivity contribution < 1.29 is 0 Å². The summed E-state index contributed by atoms with van der Waals surface area (Å²) in [5.41, 5.74) is 6.61. The summed E-state index contributed by atoms with van der Waals surface area (Å²) in [6.45, 7) is 7.22. The highest BCUT2D eigenvalue weighted by atomic mass is 15.2. The number of piperidine rings is 1. The number of hydrogen-bond donors (Lipinski definition) is 1. The molecule has 2 aliphatic rings. The summed E-state index contributed by atoms with van der Waals surface area (Å²) >= 11 is 0. The minimum absolute atomic E-state index is 0.533. The fourth-order valence-corrected chi connectivity index (χ4v) is 3.27. The fourth-order valence-electron chi connectivity index (χ4n) is 3.27. The third-order valence-corrected chi connectivity index (χ3v) is 4.66. The smallest absolute Gasteiger partial charge is 0.0103 e. The molecule has 0 amide bonds. The maximum Gasteiger partial charge on any atom is 0.0103 e. The topological polar surface area (TPSA) is 29.3 Å². The molecule has 1 unspecified atom stereocenters. The van der Waals surface area contributed by atoms with E-state index in [0.717, 1.165) is 6.04 Å². The molecule has 0 aromatic rings. The molecule has 88 valence electrons. The second-order valence-corrected chi connectivity index (χ2v) is 5.56. The lowest BCUT2D eigenvalue weighted by Gasteiger charge is -2.37. The van der Waals surface area contributed by atoms with Gasteiger partial charge in [-0.15, -0.1) is 0 Å². The van der Waals surface area contributed by atoms with E-state index in [1.807, 2.05) is 0 Å². The molecule has 1 aliphatic carbocycles. The third kappa shape index (κ3) is 2.21. The molecule has 0 radical (unpaired) electrons. The van der Waals surface area contributed by atoms with E-state index >= 15 is 0 Å². The van der Waals surface area contributed by atoms with Crippen LogP contribution in [0.4, 0.5) is 0 Å². The number of hydrogen-bond acceptors (Lipinski definition) is 2. The van der Waals surface area contributed by atoms with Crippen LogP contribution in [0.1, 0.15) is 52.4 Å². The van der Waals surface area contributed by atoms with Crippen molar-refractivity contribution in [3.8, 4) is 0 Å². The van der Waals surface area contributed by atoms with Crippen LogP contribution in [-0.4, -0.2) is 30.1 Å². The number of rotatable bonds is 4. The van der Waals surface area contributed by atoms with Crippen molar-refractivity contribution in [2.24, 2.45) is 11.1 Å². The molecule has 0 bridgehead atoms. The Hall–Kier alpha value is -0.0800. The van der Waals surface area contributed by atoms with Crippen LogP contribution in [0.2, 0.25) is 0 Å². The molecule has 2 rings (SSSR count). The number of likely N-dealkylation sites (tertiary alicyclic amines) is 1. The van der Waals surface area contributed by atoms with Gasteiger partial charge in [0.15, 0.2) is 0 Å². The molecule has 2 fully saturated rings. The normalized spacial score (nSPS) is 31.8. The predicted molar refractivity (Wildman–Crippen MR) is 64.8 cm³/mol. The molecule has 1 aliphatic heterocycles. The highest BCUT2D eigenvalue weighted by Crippen LogP contribution is 2.52. The first-order valence-corrected chi connectivity index (χ1v) is 6.71. The molecule has 2 heteroatoms. The number of nitrogens with zero attached hydrogens (tertiary/aromatic N) is 1. The quantitative estimate of drug-likeness (QED) is 0.772. The molecular formula is C13H26N2. The largest absolute Gasteiger partial charge is 0.327 e. The molecule has 0 aromatic heterocycles. The summed E-state index contributed by atoms with van der Waals surface area (Å²) in [7, 11) is 0. The van der Waals surface area contributed by atoms with Gasteiger partial charge in [0.2, 0.25) is 0 Å². The van der Waals surface area contributed by atoms with Gasteiger partial charge in [0.1, 0.15) is 0 Å². The third-order valence-electron chi connectivity index (χ3n) is 4.66. The van der Waals surface area contributed by atoms with Gasteiger partial charge in [0, 0.05) is 12.1 Å². The fraction of sp³-hybridized carbons (Fsp3) is 1.00. The van der Waals surface area contributed by atoms with Crippen LogP contribution in [0.25, 0.3) is 0 Å². The van der Waals surface area contributed by atoms with E-state index in [9.17, 15) is 0 Å². The van der Waals surface area contributed by atoms with Gasteiger partial charge in [0.25, 0.3) is 0 Å². The maximum atomic E-state index is 6.03. The van der Waals surface area contributed by atoms with Crippen molar-refractivity contribution in [3.63, 3.8) is 0 Å². The minimum Gasteiger partial charge on any atom is -0.327 e. The zero-order valence-electron chi connectivity index (χ0n) is 10.3. The van der Waals surface area contributed by atoms with Crippen LogP contribution < -0.4 is 5.73 Å². The van der Waals surface area contributed by atoms with E-state index in [1.54, 1.807) is 0 Å². The average molecular weight is 210 g/mol. The molecular weight excluding hydrogens is 184 g/mol. The standard InChI is InChI=1S/C13H26N2/c1-3-5-11(4-2)15-8-6-13(7-9-15)10-12(13)14/h11-12H,3-10,14H2,1-2H3/t11?,12-/m1/s1. The van der Waals surface area contributed by atoms with E-state index in [1.165, 1.54) is 51.6 Å². The van der Waals surface area contributed by atoms with E-state index in [2.05, 4.69) is 18.7 Å². The van der Waals surface area contributed by atoms with Crippen molar-refractivity contribution in [3.05, 3.63) is 0 Å². The minimum atomic E-state index is 0.533. The first-order chi connectivity index (χ1) is 7.22. The van der Waals surface area contributed by atoms with Crippen molar-refractivity contribution in [1.29, 1.82) is 0 Å². The molecule has 0 aromatic carbocycles. The molecule has 1 saturated carbocycles. The summed E-state index contributed by atoms with van der Waals surface area (Å²) in [6, 6.07) is 1.37. The monoisotopic (exact) mass is 210 g/mol. The van der Waals surface area contributed by atoms with E-state index in [-0.39, 0.29) is 0 Å². The highest BCUT2D eigenvalue weighted by Gasteiger charge is 2.52. The van der Waals surface area contributed by atoms with Crippen molar-refractivity contribution >= 4 is 0 Å². The summed E-state index contributed by atoms with van der Waals surface area (Å²) in [5, 5.41) is 0. The Bertz CT molecular complexity index is 207. The Kier molecular flexibility index (Phi) is 3.36. The van der Waals surface area contributed by atoms with Gasteiger partial charge in [-0.1, -0.05) is 20.3 Å². The first-order valence-electron chi connectivity index (χ1n) is 6.71. The first kappa shape index (κ1) is 11.4. The lowest BCUT2D eigenvalue weighted by molar-refractivity contribution is 0.112. The maximum absolute atomic E-state index is 6.03. The van der Waals surface area contributed by atoms with Gasteiger partial charge in [-0.05, 0) is 50.6 Å². The van der Waals surface area contributed by atoms with Crippen LogP contribution in [0.5, 0.6) is 0 Å². The highest BCUT2D eigenvalue weighted by molar-refractivity contribution is 5.08. The van der Waals surface area contributed by atoms with Gasteiger partial charge in [0.05, 0.1) is 0 Å². The molecule has 2 atom stereocenters. The van der Waals surface area contributed by atoms with Crippen molar-refractivity contribution in [1.82, 2.24) is 4.90 Å². The van der Waals surface area contributed by atoms with Crippen molar-refractivity contribution in [2.45, 2.75) is 64.5 Å². The Morgan fingerprint density at radius 2 is 1.93 bits per heavy atom. The van der Waals surface area contributed by atoms with Gasteiger partial charge < -0.3 is 10.6 Å². The summed E-state index contributed by atoms with van der Waals surface area (Å²) in [5.74, 6) is 0. The van der Waals surface area contributed by atoms with Gasteiger partial charge >= 0.3 is 0 Å². The Labute approximate surface area is 94.2 Å². The summed E-state index contributed by atoms with van der Waals surface area (Å²) in [6.07, 6.45) is 8.01. The Morgan fingerprint density at radius 1 is 1.33 bits per heavy atom. The Balaban J connectivity index is 1.81. The second kappa shape index (κ2) is 4.42. The van der Waals surface area contributed by atoms with Crippen LogP contribution >= 0.6 is 0 Å². The Morgan fingerprint density at radius 3 is 2.33 bits per heavy atom. The van der Waals surface area contributed by atoms with E-state index < -0.39 is 0 Å². The number of nitrogens with two attached hydrogens (primary N) is 1. The molecule has 2 N–H and O–H groups in total. The van der Waals surface area contributed by atoms with E-state index in [4.69, 9.17) is 5.73 Å². The van der Waals surface area contributed by atoms with Crippen LogP contribution in [-0.2, 0) is 0 Å². The SMILES string of the molecule is CCCC(CC)N1CCC2(CC1)C[C@H]2N. The van der Waals surface area contributed by atoms with Gasteiger partial charge in [-0.25, -0.2) is 0 Å². The molecule has 1 spiro atoms. The average Bonchev–Trinajstić information content (AvgIpc) is 2.87. The van der Waals surface area contributed by atoms with Crippen molar-refractivity contribution in [2.75, 3.05) is 13.1 Å². The van der Waals surface area contributed by atoms with Crippen LogP contribution in [0.3, 0.4) is 0 Å². The van der Waals surface area contributed by atoms with Crippen LogP contribution in [0.15, 0.2) is 0 Å². The molecule has 15 heavy (non-hydrogen) atoms. The van der Waals surface area contributed by atoms with E-state index in [0.29, 0.717) is 11.5 Å². The zero-order chi connectivity index (χ0) is 10.9. The van der Waals surface area contributed by atoms with Gasteiger partial charge in [-0.3, -0.25) is 0 Å². The molecule has 2 nitrogen and oxygen atoms in total. The lowest BCUT2D eigenvalue weighted by Crippen LogP contribution is -2.42. The summed E-state index contributed by atoms with van der Waals surface area (Å²) < 4.78 is 0. The summed E-state index contributed by atoms with van der Waals surface area (Å²) in [4.78, 5) is 2.71. The predicted octanol–water partition coefficient (Wildman–Crippen LogP) is 2.38.